The van der Waals surface area contributed by atoms with Crippen LogP contribution in [-0.4, -0.2) is 27.9 Å². The van der Waals surface area contributed by atoms with Gasteiger partial charge < -0.3 is 14.4 Å². The molecule has 1 fully saturated rings. The summed E-state index contributed by atoms with van der Waals surface area (Å²) in [5.74, 6) is 2.33. The van der Waals surface area contributed by atoms with Gasteiger partial charge in [0.25, 0.3) is 0 Å². The highest BCUT2D eigenvalue weighted by Gasteiger charge is 2.64. The molecule has 0 atom stereocenters. The molecule has 0 amide bonds. The molecule has 0 radical (unpaired) electrons. The van der Waals surface area contributed by atoms with Crippen molar-refractivity contribution in [1.29, 1.82) is 0 Å². The van der Waals surface area contributed by atoms with Gasteiger partial charge in [0.1, 0.15) is 18.2 Å². The standard InChI is InChI=1S/C19H26N2O2/c1-18(2)16(19(18,3)4)13-21-10-9-20-17(21)14-7-5-6-8-15(14)23-12-11-22/h5-10,16,22H,11-13H2,1-4H3. The Hall–Kier alpha value is -1.81. The monoisotopic (exact) mass is 314 g/mol. The van der Waals surface area contributed by atoms with Crippen LogP contribution in [0.2, 0.25) is 0 Å². The molecule has 124 valence electrons. The van der Waals surface area contributed by atoms with Crippen LogP contribution in [0.3, 0.4) is 0 Å². The van der Waals surface area contributed by atoms with Crippen molar-refractivity contribution in [2.75, 3.05) is 13.2 Å². The molecule has 1 heterocycles. The van der Waals surface area contributed by atoms with Gasteiger partial charge in [-0.3, -0.25) is 0 Å². The number of aromatic nitrogens is 2. The van der Waals surface area contributed by atoms with E-state index >= 15 is 0 Å². The Morgan fingerprint density at radius 2 is 1.87 bits per heavy atom. The first-order valence-corrected chi connectivity index (χ1v) is 8.24. The van der Waals surface area contributed by atoms with Crippen molar-refractivity contribution < 1.29 is 9.84 Å². The van der Waals surface area contributed by atoms with E-state index in [9.17, 15) is 0 Å². The molecule has 3 rings (SSSR count). The van der Waals surface area contributed by atoms with Crippen molar-refractivity contribution in [1.82, 2.24) is 9.55 Å². The summed E-state index contributed by atoms with van der Waals surface area (Å²) in [7, 11) is 0. The zero-order valence-corrected chi connectivity index (χ0v) is 14.4. The van der Waals surface area contributed by atoms with Crippen molar-refractivity contribution >= 4 is 0 Å². The van der Waals surface area contributed by atoms with Gasteiger partial charge in [-0.2, -0.15) is 0 Å². The number of rotatable bonds is 6. The van der Waals surface area contributed by atoms with Gasteiger partial charge in [-0.1, -0.05) is 39.8 Å². The molecular weight excluding hydrogens is 288 g/mol. The number of nitrogens with zero attached hydrogens (tertiary/aromatic N) is 2. The lowest BCUT2D eigenvalue weighted by molar-refractivity contribution is 0.202. The number of aliphatic hydroxyl groups excluding tert-OH is 1. The van der Waals surface area contributed by atoms with Gasteiger partial charge in [0.2, 0.25) is 0 Å². The fraction of sp³-hybridized carbons (Fsp3) is 0.526. The molecule has 4 nitrogen and oxygen atoms in total. The quantitative estimate of drug-likeness (QED) is 0.886. The summed E-state index contributed by atoms with van der Waals surface area (Å²) in [5.41, 5.74) is 1.67. The first-order valence-electron chi connectivity index (χ1n) is 8.24. The summed E-state index contributed by atoms with van der Waals surface area (Å²) in [6.45, 7) is 10.6. The SMILES string of the molecule is CC1(C)C(Cn2ccnc2-c2ccccc2OCCO)C1(C)C. The second kappa shape index (κ2) is 5.68. The largest absolute Gasteiger partial charge is 0.490 e. The number of imidazole rings is 1. The van der Waals surface area contributed by atoms with E-state index in [4.69, 9.17) is 9.84 Å². The van der Waals surface area contributed by atoms with E-state index < -0.39 is 0 Å². The van der Waals surface area contributed by atoms with Gasteiger partial charge in [-0.05, 0) is 28.9 Å². The van der Waals surface area contributed by atoms with Crippen molar-refractivity contribution in [3.63, 3.8) is 0 Å². The zero-order chi connectivity index (χ0) is 16.7. The Morgan fingerprint density at radius 3 is 2.52 bits per heavy atom. The molecule has 1 aromatic heterocycles. The molecule has 1 aliphatic rings. The minimum absolute atomic E-state index is 0.00717. The van der Waals surface area contributed by atoms with Crippen LogP contribution in [-0.2, 0) is 6.54 Å². The number of benzene rings is 1. The minimum atomic E-state index is 0.00717. The molecule has 1 saturated carbocycles. The number of para-hydroxylation sites is 1. The maximum atomic E-state index is 9.00. The summed E-state index contributed by atoms with van der Waals surface area (Å²) in [5, 5.41) is 9.00. The smallest absolute Gasteiger partial charge is 0.143 e. The first-order chi connectivity index (χ1) is 10.9. The fourth-order valence-corrected chi connectivity index (χ4v) is 3.62. The Bertz CT molecular complexity index is 674. The van der Waals surface area contributed by atoms with Gasteiger partial charge in [-0.15, -0.1) is 0 Å². The summed E-state index contributed by atoms with van der Waals surface area (Å²) >= 11 is 0. The summed E-state index contributed by atoms with van der Waals surface area (Å²) in [6, 6.07) is 7.88. The van der Waals surface area contributed by atoms with Crippen LogP contribution in [0.1, 0.15) is 27.7 Å². The van der Waals surface area contributed by atoms with Gasteiger partial charge in [0.15, 0.2) is 0 Å². The van der Waals surface area contributed by atoms with Crippen molar-refractivity contribution in [3.8, 4) is 17.1 Å². The Morgan fingerprint density at radius 1 is 1.17 bits per heavy atom. The molecule has 0 aliphatic heterocycles. The predicted octanol–water partition coefficient (Wildman–Crippen LogP) is 3.60. The average molecular weight is 314 g/mol. The molecule has 0 spiro atoms. The zero-order valence-electron chi connectivity index (χ0n) is 14.4. The summed E-state index contributed by atoms with van der Waals surface area (Å²) in [6.07, 6.45) is 3.89. The molecule has 1 aromatic carbocycles. The van der Waals surface area contributed by atoms with Crippen LogP contribution in [0, 0.1) is 16.7 Å². The van der Waals surface area contributed by atoms with Gasteiger partial charge in [0, 0.05) is 18.9 Å². The van der Waals surface area contributed by atoms with Crippen molar-refractivity contribution in [2.24, 2.45) is 16.7 Å². The summed E-state index contributed by atoms with van der Waals surface area (Å²) in [4.78, 5) is 4.55. The van der Waals surface area contributed by atoms with Gasteiger partial charge >= 0.3 is 0 Å². The summed E-state index contributed by atoms with van der Waals surface area (Å²) < 4.78 is 7.89. The minimum Gasteiger partial charge on any atom is -0.490 e. The lowest BCUT2D eigenvalue weighted by atomic mass is 10.0. The van der Waals surface area contributed by atoms with Crippen molar-refractivity contribution in [3.05, 3.63) is 36.7 Å². The fourth-order valence-electron chi connectivity index (χ4n) is 3.62. The average Bonchev–Trinajstić information content (AvgIpc) is 2.88. The molecule has 23 heavy (non-hydrogen) atoms. The van der Waals surface area contributed by atoms with E-state index in [0.29, 0.717) is 23.4 Å². The van der Waals surface area contributed by atoms with Gasteiger partial charge in [-0.25, -0.2) is 4.98 Å². The highest BCUT2D eigenvalue weighted by atomic mass is 16.5. The third kappa shape index (κ3) is 2.65. The normalized spacial score (nSPS) is 18.8. The van der Waals surface area contributed by atoms with Crippen LogP contribution < -0.4 is 4.74 Å². The Balaban J connectivity index is 1.88. The van der Waals surface area contributed by atoms with Crippen molar-refractivity contribution in [2.45, 2.75) is 34.2 Å². The van der Waals surface area contributed by atoms with Crippen LogP contribution in [0.5, 0.6) is 5.75 Å². The lowest BCUT2D eigenvalue weighted by Crippen LogP contribution is -2.07. The number of aliphatic hydroxyl groups is 1. The van der Waals surface area contributed by atoms with Crippen LogP contribution in [0.4, 0.5) is 0 Å². The molecule has 4 heteroatoms. The second-order valence-corrected chi connectivity index (χ2v) is 7.47. The lowest BCUT2D eigenvalue weighted by Gasteiger charge is -2.13. The second-order valence-electron chi connectivity index (χ2n) is 7.47. The molecule has 1 N–H and O–H groups in total. The highest BCUT2D eigenvalue weighted by Crippen LogP contribution is 2.68. The number of hydrogen-bond acceptors (Lipinski definition) is 3. The maximum absolute atomic E-state index is 9.00. The third-order valence-electron chi connectivity index (χ3n) is 5.89. The van der Waals surface area contributed by atoms with E-state index in [1.54, 1.807) is 0 Å². The van der Waals surface area contributed by atoms with Crippen LogP contribution >= 0.6 is 0 Å². The molecular formula is C19H26N2O2. The van der Waals surface area contributed by atoms with E-state index in [-0.39, 0.29) is 6.61 Å². The van der Waals surface area contributed by atoms with Gasteiger partial charge in [0.05, 0.1) is 12.2 Å². The van der Waals surface area contributed by atoms with Crippen LogP contribution in [0.15, 0.2) is 36.7 Å². The molecule has 0 bridgehead atoms. The molecule has 0 unspecified atom stereocenters. The first kappa shape index (κ1) is 16.1. The number of ether oxygens (including phenoxy) is 1. The highest BCUT2D eigenvalue weighted by molar-refractivity contribution is 5.64. The van der Waals surface area contributed by atoms with E-state index in [1.807, 2.05) is 36.7 Å². The third-order valence-corrected chi connectivity index (χ3v) is 5.89. The van der Waals surface area contributed by atoms with E-state index in [1.165, 1.54) is 0 Å². The predicted molar refractivity (Wildman–Crippen MR) is 91.3 cm³/mol. The van der Waals surface area contributed by atoms with E-state index in [0.717, 1.165) is 23.7 Å². The molecule has 2 aromatic rings. The topological polar surface area (TPSA) is 47.3 Å². The van der Waals surface area contributed by atoms with E-state index in [2.05, 4.69) is 37.2 Å². The maximum Gasteiger partial charge on any atom is 0.143 e. The molecule has 1 aliphatic carbocycles. The molecule has 0 saturated heterocycles. The number of hydrogen-bond donors (Lipinski definition) is 1. The van der Waals surface area contributed by atoms with Crippen LogP contribution in [0.25, 0.3) is 11.4 Å². The Kier molecular flexibility index (Phi) is 3.96. The Labute approximate surface area is 138 Å².